The Balaban J connectivity index is 1.80. The van der Waals surface area contributed by atoms with E-state index in [1.54, 1.807) is 6.07 Å². The topological polar surface area (TPSA) is 53.6 Å². The largest absolute Gasteiger partial charge is 0.311 e. The third-order valence-corrected chi connectivity index (χ3v) is 3.55. The van der Waals surface area contributed by atoms with Crippen LogP contribution in [-0.2, 0) is 0 Å². The van der Waals surface area contributed by atoms with Gasteiger partial charge in [-0.1, -0.05) is 0 Å². The van der Waals surface area contributed by atoms with Crippen LogP contribution in [0, 0.1) is 11.3 Å². The van der Waals surface area contributed by atoms with Crippen LogP contribution in [0.15, 0.2) is 12.3 Å². The molecule has 0 radical (unpaired) electrons. The van der Waals surface area contributed by atoms with Gasteiger partial charge in [-0.25, -0.2) is 0 Å². The van der Waals surface area contributed by atoms with Crippen molar-refractivity contribution < 1.29 is 0 Å². The summed E-state index contributed by atoms with van der Waals surface area (Å²) >= 11 is 0. The Morgan fingerprint density at radius 3 is 2.73 bits per heavy atom. The molecule has 0 aromatic carbocycles. The number of piperidine rings is 1. The van der Waals surface area contributed by atoms with Crippen molar-refractivity contribution in [2.75, 3.05) is 0 Å². The van der Waals surface area contributed by atoms with E-state index in [1.807, 2.05) is 10.9 Å². The van der Waals surface area contributed by atoms with Crippen LogP contribution in [0.3, 0.4) is 0 Å². The number of rotatable bonds is 1. The summed E-state index contributed by atoms with van der Waals surface area (Å²) < 4.78 is 1.98. The van der Waals surface area contributed by atoms with Gasteiger partial charge in [-0.2, -0.15) is 10.4 Å². The predicted molar refractivity (Wildman–Crippen MR) is 55.2 cm³/mol. The summed E-state index contributed by atoms with van der Waals surface area (Å²) in [7, 11) is 0. The normalized spacial score (nSPS) is 33.9. The molecule has 78 valence electrons. The molecule has 0 amide bonds. The standard InChI is InChI=1S/C11H14N4/c12-7-10-3-4-15(14-10)11-5-8-1-2-9(6-11)13-8/h3-4,8-9,11,13H,1-2,5-6H2/t8-,9+,11?. The molecule has 1 aromatic rings. The van der Waals surface area contributed by atoms with Gasteiger partial charge in [0.15, 0.2) is 5.69 Å². The Morgan fingerprint density at radius 2 is 2.13 bits per heavy atom. The van der Waals surface area contributed by atoms with Crippen molar-refractivity contribution in [2.45, 2.75) is 43.8 Å². The molecule has 4 heteroatoms. The highest BCUT2D eigenvalue weighted by molar-refractivity contribution is 5.17. The zero-order valence-electron chi connectivity index (χ0n) is 8.56. The molecule has 1 aromatic heterocycles. The molecule has 3 atom stereocenters. The molecule has 15 heavy (non-hydrogen) atoms. The summed E-state index contributed by atoms with van der Waals surface area (Å²) in [6, 6.07) is 5.70. The number of nitrogens with zero attached hydrogens (tertiary/aromatic N) is 3. The van der Waals surface area contributed by atoms with Gasteiger partial charge in [0.1, 0.15) is 6.07 Å². The van der Waals surface area contributed by atoms with Crippen molar-refractivity contribution in [2.24, 2.45) is 0 Å². The van der Waals surface area contributed by atoms with E-state index in [0.29, 0.717) is 23.8 Å². The maximum atomic E-state index is 8.73. The lowest BCUT2D eigenvalue weighted by molar-refractivity contribution is 0.281. The Hall–Kier alpha value is -1.34. The average molecular weight is 202 g/mol. The van der Waals surface area contributed by atoms with Gasteiger partial charge >= 0.3 is 0 Å². The van der Waals surface area contributed by atoms with E-state index in [4.69, 9.17) is 5.26 Å². The lowest BCUT2D eigenvalue weighted by Crippen LogP contribution is -2.39. The molecule has 2 fully saturated rings. The molecule has 2 aliphatic rings. The first-order valence-corrected chi connectivity index (χ1v) is 5.56. The lowest BCUT2D eigenvalue weighted by Gasteiger charge is -2.29. The fourth-order valence-electron chi connectivity index (χ4n) is 2.84. The second-order valence-electron chi connectivity index (χ2n) is 4.56. The molecule has 0 spiro atoms. The second kappa shape index (κ2) is 3.35. The van der Waals surface area contributed by atoms with Crippen LogP contribution in [-0.4, -0.2) is 21.9 Å². The van der Waals surface area contributed by atoms with Crippen LogP contribution < -0.4 is 5.32 Å². The first-order chi connectivity index (χ1) is 7.35. The smallest absolute Gasteiger partial charge is 0.162 e. The summed E-state index contributed by atoms with van der Waals surface area (Å²) in [6.07, 6.45) is 6.85. The van der Waals surface area contributed by atoms with E-state index >= 15 is 0 Å². The molecule has 1 N–H and O–H groups in total. The minimum atomic E-state index is 0.492. The van der Waals surface area contributed by atoms with Crippen LogP contribution in [0.4, 0.5) is 0 Å². The summed E-state index contributed by atoms with van der Waals surface area (Å²) in [4.78, 5) is 0. The molecular formula is C11H14N4. The van der Waals surface area contributed by atoms with Crippen LogP contribution in [0.1, 0.15) is 37.4 Å². The molecule has 4 nitrogen and oxygen atoms in total. The van der Waals surface area contributed by atoms with Crippen molar-refractivity contribution in [3.63, 3.8) is 0 Å². The fourth-order valence-corrected chi connectivity index (χ4v) is 2.84. The number of fused-ring (bicyclic) bond motifs is 2. The average Bonchev–Trinajstić information content (AvgIpc) is 2.85. The Labute approximate surface area is 88.9 Å². The molecule has 1 unspecified atom stereocenters. The van der Waals surface area contributed by atoms with Gasteiger partial charge in [0.2, 0.25) is 0 Å². The monoisotopic (exact) mass is 202 g/mol. The van der Waals surface area contributed by atoms with Crippen molar-refractivity contribution in [3.05, 3.63) is 18.0 Å². The first-order valence-electron chi connectivity index (χ1n) is 5.56. The van der Waals surface area contributed by atoms with E-state index < -0.39 is 0 Å². The van der Waals surface area contributed by atoms with Gasteiger partial charge in [0.25, 0.3) is 0 Å². The molecular weight excluding hydrogens is 188 g/mol. The zero-order chi connectivity index (χ0) is 10.3. The van der Waals surface area contributed by atoms with Gasteiger partial charge in [0.05, 0.1) is 6.04 Å². The highest BCUT2D eigenvalue weighted by atomic mass is 15.3. The van der Waals surface area contributed by atoms with E-state index in [1.165, 1.54) is 12.8 Å². The Bertz CT molecular complexity index is 391. The molecule has 3 heterocycles. The van der Waals surface area contributed by atoms with Crippen molar-refractivity contribution >= 4 is 0 Å². The van der Waals surface area contributed by atoms with Crippen LogP contribution in [0.25, 0.3) is 0 Å². The highest BCUT2D eigenvalue weighted by Gasteiger charge is 2.34. The fraction of sp³-hybridized carbons (Fsp3) is 0.636. The number of aromatic nitrogens is 2. The third-order valence-electron chi connectivity index (χ3n) is 3.55. The molecule has 0 aliphatic carbocycles. The first kappa shape index (κ1) is 8.93. The summed E-state index contributed by atoms with van der Waals surface area (Å²) in [6.45, 7) is 0. The highest BCUT2D eigenvalue weighted by Crippen LogP contribution is 2.33. The minimum absolute atomic E-state index is 0.492. The van der Waals surface area contributed by atoms with Gasteiger partial charge in [0, 0.05) is 18.3 Å². The van der Waals surface area contributed by atoms with Crippen LogP contribution in [0.2, 0.25) is 0 Å². The van der Waals surface area contributed by atoms with Gasteiger partial charge in [-0.3, -0.25) is 4.68 Å². The Kier molecular flexibility index (Phi) is 2.00. The lowest BCUT2D eigenvalue weighted by atomic mass is 10.0. The van der Waals surface area contributed by atoms with Gasteiger partial charge in [-0.15, -0.1) is 0 Å². The number of nitrogens with one attached hydrogen (secondary N) is 1. The molecule has 2 saturated heterocycles. The van der Waals surface area contributed by atoms with E-state index in [0.717, 1.165) is 12.8 Å². The minimum Gasteiger partial charge on any atom is -0.311 e. The van der Waals surface area contributed by atoms with Crippen molar-refractivity contribution in [3.8, 4) is 6.07 Å². The zero-order valence-corrected chi connectivity index (χ0v) is 8.56. The van der Waals surface area contributed by atoms with E-state index in [-0.39, 0.29) is 0 Å². The quantitative estimate of drug-likeness (QED) is 0.744. The summed E-state index contributed by atoms with van der Waals surface area (Å²) in [5.74, 6) is 0. The predicted octanol–water partition coefficient (Wildman–Crippen LogP) is 1.21. The molecule has 3 rings (SSSR count). The van der Waals surface area contributed by atoms with E-state index in [9.17, 15) is 0 Å². The van der Waals surface area contributed by atoms with E-state index in [2.05, 4.69) is 16.5 Å². The number of hydrogen-bond acceptors (Lipinski definition) is 3. The number of nitriles is 1. The van der Waals surface area contributed by atoms with Crippen molar-refractivity contribution in [1.29, 1.82) is 5.26 Å². The number of hydrogen-bond donors (Lipinski definition) is 1. The van der Waals surface area contributed by atoms with Gasteiger partial charge in [-0.05, 0) is 31.7 Å². The van der Waals surface area contributed by atoms with Crippen LogP contribution in [0.5, 0.6) is 0 Å². The van der Waals surface area contributed by atoms with Gasteiger partial charge < -0.3 is 5.32 Å². The second-order valence-corrected chi connectivity index (χ2v) is 4.56. The van der Waals surface area contributed by atoms with Crippen molar-refractivity contribution in [1.82, 2.24) is 15.1 Å². The SMILES string of the molecule is N#Cc1ccn(C2C[C@H]3CC[C@@H](C2)N3)n1. The third kappa shape index (κ3) is 1.53. The molecule has 2 bridgehead atoms. The molecule has 0 saturated carbocycles. The molecule has 2 aliphatic heterocycles. The maximum absolute atomic E-state index is 8.73. The Morgan fingerprint density at radius 1 is 1.40 bits per heavy atom. The maximum Gasteiger partial charge on any atom is 0.162 e. The van der Waals surface area contributed by atoms with Crippen LogP contribution >= 0.6 is 0 Å². The summed E-state index contributed by atoms with van der Waals surface area (Å²) in [5.41, 5.74) is 0.529. The summed E-state index contributed by atoms with van der Waals surface area (Å²) in [5, 5.41) is 16.6.